The van der Waals surface area contributed by atoms with Gasteiger partial charge in [-0.25, -0.2) is 4.57 Å². The van der Waals surface area contributed by atoms with E-state index in [4.69, 9.17) is 19.2 Å². The maximum Gasteiger partial charge on any atom is 0.471 e. The van der Waals surface area contributed by atoms with Gasteiger partial charge in [-0.05, 0) is 25.7 Å². The Morgan fingerprint density at radius 2 is 0.852 bits per heavy atom. The van der Waals surface area contributed by atoms with Crippen molar-refractivity contribution >= 4 is 19.6 Å². The molecule has 0 bridgehead atoms. The van der Waals surface area contributed by atoms with Crippen LogP contribution >= 0.6 is 7.82 Å². The molecule has 0 aliphatic carbocycles. The van der Waals surface area contributed by atoms with Crippen LogP contribution in [0.5, 0.6) is 0 Å². The van der Waals surface area contributed by atoms with E-state index in [0.717, 1.165) is 9.80 Å². The smallest absolute Gasteiger partial charge is 0.335 e. The summed E-state index contributed by atoms with van der Waals surface area (Å²) in [4.78, 5) is 44.2. The molecule has 2 saturated heterocycles. The Morgan fingerprint density at radius 3 is 1.00 bits per heavy atom. The number of carbonyl (C=O) groups is 2. The van der Waals surface area contributed by atoms with E-state index in [1.807, 2.05) is 0 Å². The number of hydrogen-bond acceptors (Lipinski definition) is 3. The first-order valence-electron chi connectivity index (χ1n) is 7.54. The van der Waals surface area contributed by atoms with E-state index in [1.54, 1.807) is 0 Å². The van der Waals surface area contributed by atoms with Crippen molar-refractivity contribution in [2.24, 2.45) is 0 Å². The molecule has 0 aromatic rings. The van der Waals surface area contributed by atoms with Gasteiger partial charge in [0, 0.05) is 26.2 Å². The van der Waals surface area contributed by atoms with Crippen LogP contribution in [0.25, 0.3) is 0 Å². The molecule has 0 radical (unpaired) electrons. The number of phosphoric acid groups is 1. The number of amides is 2. The van der Waals surface area contributed by atoms with Crippen molar-refractivity contribution in [3.05, 3.63) is 0 Å². The van der Waals surface area contributed by atoms with Gasteiger partial charge in [0.25, 0.3) is 0 Å². The molecule has 2 fully saturated rings. The Morgan fingerprint density at radius 1 is 0.667 bits per heavy atom. The summed E-state index contributed by atoms with van der Waals surface area (Å²) in [6.07, 6.45) is -6.65. The minimum Gasteiger partial charge on any atom is -0.335 e. The lowest BCUT2D eigenvalue weighted by Gasteiger charge is -2.16. The van der Waals surface area contributed by atoms with E-state index < -0.39 is 32.0 Å². The molecule has 2 aliphatic rings. The lowest BCUT2D eigenvalue weighted by molar-refractivity contribution is -0.184. The molecule has 0 unspecified atom stereocenters. The zero-order chi connectivity index (χ0) is 21.5. The third kappa shape index (κ3) is 11.8. The molecule has 0 saturated carbocycles. The number of halogens is 6. The Labute approximate surface area is 150 Å². The van der Waals surface area contributed by atoms with Crippen molar-refractivity contribution in [1.29, 1.82) is 0 Å². The second kappa shape index (κ2) is 10.2. The van der Waals surface area contributed by atoms with Crippen LogP contribution in [0.4, 0.5) is 26.3 Å². The molecule has 0 atom stereocenters. The highest BCUT2D eigenvalue weighted by molar-refractivity contribution is 7.45. The zero-order valence-corrected chi connectivity index (χ0v) is 14.7. The van der Waals surface area contributed by atoms with Crippen LogP contribution in [0.15, 0.2) is 0 Å². The monoisotopic (exact) mass is 432 g/mol. The largest absolute Gasteiger partial charge is 0.471 e. The molecule has 2 amide bonds. The maximum absolute atomic E-state index is 11.7. The second-order valence-corrected chi connectivity index (χ2v) is 6.53. The van der Waals surface area contributed by atoms with E-state index in [9.17, 15) is 35.9 Å². The van der Waals surface area contributed by atoms with Gasteiger partial charge in [-0.3, -0.25) is 9.59 Å². The molecule has 2 aliphatic heterocycles. The molecule has 2 heterocycles. The summed E-state index contributed by atoms with van der Waals surface area (Å²) in [6, 6.07) is 0. The summed E-state index contributed by atoms with van der Waals surface area (Å²) in [5.41, 5.74) is 0. The van der Waals surface area contributed by atoms with Gasteiger partial charge < -0.3 is 24.5 Å². The Kier molecular flexibility index (Phi) is 9.73. The predicted molar refractivity (Wildman–Crippen MR) is 78.0 cm³/mol. The first-order chi connectivity index (χ1) is 12.0. The minimum absolute atomic E-state index is 0.248. The molecule has 0 aromatic heterocycles. The summed E-state index contributed by atoms with van der Waals surface area (Å²) in [5, 5.41) is 0. The average molecular weight is 432 g/mol. The first kappa shape index (κ1) is 25.6. The summed E-state index contributed by atoms with van der Waals surface area (Å²) in [7, 11) is -4.64. The second-order valence-electron chi connectivity index (χ2n) is 5.51. The van der Waals surface area contributed by atoms with Crippen molar-refractivity contribution in [1.82, 2.24) is 9.80 Å². The van der Waals surface area contributed by atoms with Gasteiger partial charge in [0.05, 0.1) is 0 Å². The predicted octanol–water partition coefficient (Wildman–Crippen LogP) is 1.41. The van der Waals surface area contributed by atoms with Crippen LogP contribution in [0.3, 0.4) is 0 Å². The SMILES string of the molecule is O=C(N1CCCC1)C(F)(F)F.O=C(N1CCCC1)C(F)(F)F.O=P(O)(O)O. The quantitative estimate of drug-likeness (QED) is 0.394. The van der Waals surface area contributed by atoms with E-state index in [0.29, 0.717) is 25.7 Å². The number of carbonyl (C=O) groups excluding carboxylic acids is 2. The number of hydrogen-bond donors (Lipinski definition) is 3. The van der Waals surface area contributed by atoms with E-state index in [-0.39, 0.29) is 26.2 Å². The van der Waals surface area contributed by atoms with Crippen LogP contribution < -0.4 is 0 Å². The summed E-state index contributed by atoms with van der Waals surface area (Å²) in [5.74, 6) is -3.40. The van der Waals surface area contributed by atoms with Crippen molar-refractivity contribution in [3.8, 4) is 0 Å². The molecule has 0 spiro atoms. The minimum atomic E-state index is -4.69. The number of likely N-dealkylation sites (tertiary alicyclic amines) is 2. The van der Waals surface area contributed by atoms with E-state index in [1.165, 1.54) is 0 Å². The van der Waals surface area contributed by atoms with Crippen LogP contribution in [-0.2, 0) is 14.2 Å². The Hall–Kier alpha value is -1.37. The van der Waals surface area contributed by atoms with Crippen LogP contribution in [0.1, 0.15) is 25.7 Å². The fourth-order valence-electron chi connectivity index (χ4n) is 2.20. The normalized spacial score (nSPS) is 17.7. The highest BCUT2D eigenvalue weighted by atomic mass is 31.2. The first-order valence-corrected chi connectivity index (χ1v) is 9.10. The lowest BCUT2D eigenvalue weighted by atomic mass is 10.4. The van der Waals surface area contributed by atoms with Gasteiger partial charge in [0.15, 0.2) is 0 Å². The van der Waals surface area contributed by atoms with Gasteiger partial charge >= 0.3 is 32.0 Å². The standard InChI is InChI=1S/2C6H8F3NO.H3O4P/c2*7-6(8,9)5(11)10-3-1-2-4-10;1-5(2,3)4/h2*1-4H2;(H3,1,2,3,4). The molecule has 2 rings (SSSR count). The molecule has 0 aromatic carbocycles. The van der Waals surface area contributed by atoms with Crippen molar-refractivity contribution in [2.45, 2.75) is 38.0 Å². The van der Waals surface area contributed by atoms with Crippen LogP contribution in [-0.4, -0.2) is 74.8 Å². The van der Waals surface area contributed by atoms with Crippen LogP contribution in [0, 0.1) is 0 Å². The number of alkyl halides is 6. The zero-order valence-electron chi connectivity index (χ0n) is 13.8. The summed E-state index contributed by atoms with van der Waals surface area (Å²) < 4.78 is 79.1. The Bertz CT molecular complexity index is 491. The molecule has 160 valence electrons. The topological polar surface area (TPSA) is 118 Å². The number of nitrogens with zero attached hydrogens (tertiary/aromatic N) is 2. The third-order valence-electron chi connectivity index (χ3n) is 3.27. The Balaban J connectivity index is 0.000000405. The third-order valence-corrected chi connectivity index (χ3v) is 3.27. The van der Waals surface area contributed by atoms with Crippen LogP contribution in [0.2, 0.25) is 0 Å². The van der Waals surface area contributed by atoms with Gasteiger partial charge in [0.2, 0.25) is 0 Å². The lowest BCUT2D eigenvalue weighted by Crippen LogP contribution is -2.39. The fraction of sp³-hybridized carbons (Fsp3) is 0.833. The molecular formula is C12H19F6N2O6P. The highest BCUT2D eigenvalue weighted by Crippen LogP contribution is 2.26. The summed E-state index contributed by atoms with van der Waals surface area (Å²) in [6.45, 7) is 0.993. The fourth-order valence-corrected chi connectivity index (χ4v) is 2.20. The van der Waals surface area contributed by atoms with Crippen molar-refractivity contribution in [3.63, 3.8) is 0 Å². The van der Waals surface area contributed by atoms with Gasteiger partial charge in [-0.1, -0.05) is 0 Å². The molecular weight excluding hydrogens is 413 g/mol. The van der Waals surface area contributed by atoms with Gasteiger partial charge in [0.1, 0.15) is 0 Å². The van der Waals surface area contributed by atoms with Crippen molar-refractivity contribution in [2.75, 3.05) is 26.2 Å². The molecule has 3 N–H and O–H groups in total. The highest BCUT2D eigenvalue weighted by Gasteiger charge is 2.43. The van der Waals surface area contributed by atoms with E-state index >= 15 is 0 Å². The average Bonchev–Trinajstić information content (AvgIpc) is 3.16. The maximum atomic E-state index is 11.7. The van der Waals surface area contributed by atoms with Gasteiger partial charge in [-0.2, -0.15) is 26.3 Å². The molecule has 27 heavy (non-hydrogen) atoms. The molecule has 8 nitrogen and oxygen atoms in total. The van der Waals surface area contributed by atoms with Gasteiger partial charge in [-0.15, -0.1) is 0 Å². The van der Waals surface area contributed by atoms with E-state index in [2.05, 4.69) is 0 Å². The molecule has 15 heteroatoms. The van der Waals surface area contributed by atoms with Crippen molar-refractivity contribution < 1.29 is 55.2 Å². The number of rotatable bonds is 0. The summed E-state index contributed by atoms with van der Waals surface area (Å²) >= 11 is 0.